The van der Waals surface area contributed by atoms with Crippen molar-refractivity contribution in [1.82, 2.24) is 4.90 Å². The summed E-state index contributed by atoms with van der Waals surface area (Å²) in [6, 6.07) is 6.09. The second-order valence-electron chi connectivity index (χ2n) is 5.82. The van der Waals surface area contributed by atoms with Gasteiger partial charge in [0.25, 0.3) is 0 Å². The number of benzene rings is 1. The number of nitrogens with zero attached hydrogens (tertiary/aromatic N) is 1. The number of hydrogen-bond acceptors (Lipinski definition) is 3. The Labute approximate surface area is 123 Å². The maximum atomic E-state index is 12.1. The standard InChI is InChI=1S/C15H21F2NO3/c1-10(18(9-13(19)20)15(2,3)4)11-5-7-12(8-6-11)21-14(16)17/h5-8,10,14H,9H2,1-4H3,(H,19,20). The van der Waals surface area contributed by atoms with Crippen LogP contribution >= 0.6 is 0 Å². The van der Waals surface area contributed by atoms with E-state index in [4.69, 9.17) is 5.11 Å². The van der Waals surface area contributed by atoms with Crippen LogP contribution in [0, 0.1) is 0 Å². The molecule has 1 unspecified atom stereocenters. The number of rotatable bonds is 6. The summed E-state index contributed by atoms with van der Waals surface area (Å²) >= 11 is 0. The summed E-state index contributed by atoms with van der Waals surface area (Å²) in [6.07, 6.45) is 0. The third-order valence-electron chi connectivity index (χ3n) is 3.22. The molecule has 0 saturated carbocycles. The van der Waals surface area contributed by atoms with Crippen LogP contribution in [0.4, 0.5) is 8.78 Å². The molecule has 4 nitrogen and oxygen atoms in total. The highest BCUT2D eigenvalue weighted by atomic mass is 19.3. The number of hydrogen-bond donors (Lipinski definition) is 1. The molecule has 1 atom stereocenters. The molecule has 0 spiro atoms. The number of carboxylic acid groups (broad SMARTS) is 1. The lowest BCUT2D eigenvalue weighted by atomic mass is 9.99. The fraction of sp³-hybridized carbons (Fsp3) is 0.533. The first-order valence-electron chi connectivity index (χ1n) is 6.64. The maximum absolute atomic E-state index is 12.1. The van der Waals surface area contributed by atoms with Crippen LogP contribution in [0.2, 0.25) is 0 Å². The molecule has 1 aromatic carbocycles. The van der Waals surface area contributed by atoms with Gasteiger partial charge in [-0.05, 0) is 45.4 Å². The van der Waals surface area contributed by atoms with Crippen molar-refractivity contribution < 1.29 is 23.4 Å². The largest absolute Gasteiger partial charge is 0.480 e. The molecule has 0 amide bonds. The molecule has 0 fully saturated rings. The Balaban J connectivity index is 2.93. The van der Waals surface area contributed by atoms with Crippen molar-refractivity contribution in [2.75, 3.05) is 6.54 Å². The van der Waals surface area contributed by atoms with Gasteiger partial charge in [0.2, 0.25) is 0 Å². The third-order valence-corrected chi connectivity index (χ3v) is 3.22. The van der Waals surface area contributed by atoms with E-state index in [1.807, 2.05) is 32.6 Å². The molecule has 0 aromatic heterocycles. The first-order chi connectivity index (χ1) is 9.61. The number of ether oxygens (including phenoxy) is 1. The van der Waals surface area contributed by atoms with Crippen molar-refractivity contribution in [3.8, 4) is 5.75 Å². The van der Waals surface area contributed by atoms with Crippen LogP contribution < -0.4 is 4.74 Å². The summed E-state index contributed by atoms with van der Waals surface area (Å²) in [5.41, 5.74) is 0.503. The van der Waals surface area contributed by atoms with E-state index in [1.54, 1.807) is 12.1 Å². The Morgan fingerprint density at radius 2 is 1.81 bits per heavy atom. The Hall–Kier alpha value is -1.69. The molecule has 0 aliphatic rings. The smallest absolute Gasteiger partial charge is 0.387 e. The minimum atomic E-state index is -2.86. The number of carboxylic acids is 1. The molecule has 1 aromatic rings. The highest BCUT2D eigenvalue weighted by molar-refractivity contribution is 5.69. The summed E-state index contributed by atoms with van der Waals surface area (Å²) in [4.78, 5) is 12.9. The van der Waals surface area contributed by atoms with E-state index >= 15 is 0 Å². The highest BCUT2D eigenvalue weighted by Crippen LogP contribution is 2.29. The van der Waals surface area contributed by atoms with Crippen LogP contribution in [-0.2, 0) is 4.79 Å². The van der Waals surface area contributed by atoms with Gasteiger partial charge >= 0.3 is 12.6 Å². The average molecular weight is 301 g/mol. The maximum Gasteiger partial charge on any atom is 0.387 e. The normalized spacial score (nSPS) is 13.5. The van der Waals surface area contributed by atoms with Crippen molar-refractivity contribution in [3.63, 3.8) is 0 Å². The molecular formula is C15H21F2NO3. The molecule has 6 heteroatoms. The number of alkyl halides is 2. The zero-order chi connectivity index (χ0) is 16.2. The van der Waals surface area contributed by atoms with Gasteiger partial charge in [-0.15, -0.1) is 0 Å². The summed E-state index contributed by atoms with van der Waals surface area (Å²) in [5.74, 6) is -0.823. The predicted molar refractivity (Wildman–Crippen MR) is 75.6 cm³/mol. The summed E-state index contributed by atoms with van der Waals surface area (Å²) in [6.45, 7) is 4.73. The van der Waals surface area contributed by atoms with E-state index in [2.05, 4.69) is 4.74 Å². The topological polar surface area (TPSA) is 49.8 Å². The first kappa shape index (κ1) is 17.4. The highest BCUT2D eigenvalue weighted by Gasteiger charge is 2.29. The molecule has 1 N–H and O–H groups in total. The van der Waals surface area contributed by atoms with Gasteiger partial charge in [0.05, 0.1) is 6.54 Å². The molecule has 0 aliphatic carbocycles. The van der Waals surface area contributed by atoms with Gasteiger partial charge < -0.3 is 9.84 Å². The third kappa shape index (κ3) is 5.30. The number of aliphatic carboxylic acids is 1. The van der Waals surface area contributed by atoms with Gasteiger partial charge in [0, 0.05) is 11.6 Å². The van der Waals surface area contributed by atoms with Gasteiger partial charge in [-0.3, -0.25) is 9.69 Å². The van der Waals surface area contributed by atoms with Crippen molar-refractivity contribution in [2.24, 2.45) is 0 Å². The first-order valence-corrected chi connectivity index (χ1v) is 6.64. The molecule has 21 heavy (non-hydrogen) atoms. The quantitative estimate of drug-likeness (QED) is 0.873. The van der Waals surface area contributed by atoms with Gasteiger partial charge in [-0.25, -0.2) is 0 Å². The molecule has 0 bridgehead atoms. The van der Waals surface area contributed by atoms with E-state index < -0.39 is 12.6 Å². The minimum Gasteiger partial charge on any atom is -0.480 e. The second-order valence-corrected chi connectivity index (χ2v) is 5.82. The van der Waals surface area contributed by atoms with Crippen LogP contribution in [0.25, 0.3) is 0 Å². The summed E-state index contributed by atoms with van der Waals surface area (Å²) in [7, 11) is 0. The molecule has 0 aliphatic heterocycles. The molecule has 0 saturated heterocycles. The van der Waals surface area contributed by atoms with Crippen molar-refractivity contribution in [1.29, 1.82) is 0 Å². The number of halogens is 2. The van der Waals surface area contributed by atoms with Crippen LogP contribution in [0.15, 0.2) is 24.3 Å². The van der Waals surface area contributed by atoms with E-state index in [0.29, 0.717) is 0 Å². The Morgan fingerprint density at radius 3 is 2.19 bits per heavy atom. The molecule has 0 radical (unpaired) electrons. The van der Waals surface area contributed by atoms with Crippen LogP contribution in [0.1, 0.15) is 39.3 Å². The summed E-state index contributed by atoms with van der Waals surface area (Å²) in [5, 5.41) is 9.04. The lowest BCUT2D eigenvalue weighted by Crippen LogP contribution is -2.45. The van der Waals surface area contributed by atoms with Crippen LogP contribution in [-0.4, -0.2) is 34.7 Å². The van der Waals surface area contributed by atoms with Crippen molar-refractivity contribution >= 4 is 5.97 Å². The van der Waals surface area contributed by atoms with Gasteiger partial charge in [-0.1, -0.05) is 12.1 Å². The second kappa shape index (κ2) is 6.85. The lowest BCUT2D eigenvalue weighted by molar-refractivity contribution is -0.140. The molecular weight excluding hydrogens is 280 g/mol. The lowest BCUT2D eigenvalue weighted by Gasteiger charge is -2.39. The Bertz CT molecular complexity index is 469. The number of carbonyl (C=O) groups is 1. The Morgan fingerprint density at radius 1 is 1.29 bits per heavy atom. The minimum absolute atomic E-state index is 0.0847. The Kier molecular flexibility index (Phi) is 5.66. The predicted octanol–water partition coefficient (Wildman–Crippen LogP) is 3.53. The van der Waals surface area contributed by atoms with Crippen molar-refractivity contribution in [2.45, 2.75) is 45.9 Å². The van der Waals surface area contributed by atoms with Crippen molar-refractivity contribution in [3.05, 3.63) is 29.8 Å². The van der Waals surface area contributed by atoms with Crippen LogP contribution in [0.3, 0.4) is 0 Å². The molecule has 0 heterocycles. The zero-order valence-electron chi connectivity index (χ0n) is 12.6. The van der Waals surface area contributed by atoms with Gasteiger partial charge in [0.1, 0.15) is 5.75 Å². The van der Waals surface area contributed by atoms with Crippen LogP contribution in [0.5, 0.6) is 5.75 Å². The molecule has 1 rings (SSSR count). The monoisotopic (exact) mass is 301 g/mol. The zero-order valence-corrected chi connectivity index (χ0v) is 12.6. The SMILES string of the molecule is CC(c1ccc(OC(F)F)cc1)N(CC(=O)O)C(C)(C)C. The fourth-order valence-corrected chi connectivity index (χ4v) is 2.21. The van der Waals surface area contributed by atoms with Gasteiger partial charge in [0.15, 0.2) is 0 Å². The van der Waals surface area contributed by atoms with E-state index in [0.717, 1.165) is 5.56 Å². The summed E-state index contributed by atoms with van der Waals surface area (Å²) < 4.78 is 28.5. The fourth-order valence-electron chi connectivity index (χ4n) is 2.21. The average Bonchev–Trinajstić information content (AvgIpc) is 2.34. The molecule has 118 valence electrons. The van der Waals surface area contributed by atoms with E-state index in [-0.39, 0.29) is 23.9 Å². The van der Waals surface area contributed by atoms with E-state index in [1.165, 1.54) is 12.1 Å². The van der Waals surface area contributed by atoms with Gasteiger partial charge in [-0.2, -0.15) is 8.78 Å². The van der Waals surface area contributed by atoms with E-state index in [9.17, 15) is 13.6 Å².